The molecule has 2 atom stereocenters. The molecule has 0 saturated carbocycles. The number of carbonyl (C=O) groups excluding carboxylic acids is 4. The summed E-state index contributed by atoms with van der Waals surface area (Å²) in [4.78, 5) is 51.8. The third kappa shape index (κ3) is 6.47. The van der Waals surface area contributed by atoms with E-state index in [0.29, 0.717) is 29.6 Å². The molecule has 0 radical (unpaired) electrons. The molecule has 0 aliphatic carbocycles. The summed E-state index contributed by atoms with van der Waals surface area (Å²) in [6.07, 6.45) is -4.84. The van der Waals surface area contributed by atoms with Gasteiger partial charge in [0.1, 0.15) is 18.1 Å². The van der Waals surface area contributed by atoms with Crippen molar-refractivity contribution in [2.75, 3.05) is 26.8 Å². The Hall–Kier alpha value is -3.61. The maximum absolute atomic E-state index is 12.4. The second-order valence-electron chi connectivity index (χ2n) is 7.62. The fourth-order valence-electron chi connectivity index (χ4n) is 3.61. The lowest BCUT2D eigenvalue weighted by atomic mass is 9.96. The summed E-state index contributed by atoms with van der Waals surface area (Å²) in [6.45, 7) is -1.50. The lowest BCUT2D eigenvalue weighted by Crippen LogP contribution is -2.48. The molecule has 2 heterocycles. The summed E-state index contributed by atoms with van der Waals surface area (Å²) in [5.41, 5.74) is 0.792. The highest BCUT2D eigenvalue weighted by Crippen LogP contribution is 2.26. The van der Waals surface area contributed by atoms with E-state index in [2.05, 4.69) is 25.7 Å². The number of rotatable bonds is 10. The molecule has 1 fully saturated rings. The van der Waals surface area contributed by atoms with Crippen LogP contribution in [0.4, 0.5) is 13.2 Å². The van der Waals surface area contributed by atoms with Crippen LogP contribution in [0.25, 0.3) is 10.9 Å². The summed E-state index contributed by atoms with van der Waals surface area (Å²) in [7, 11) is 1.48. The van der Waals surface area contributed by atoms with Crippen LogP contribution in [0.2, 0.25) is 0 Å². The minimum Gasteiger partial charge on any atom is -0.496 e. The third-order valence-corrected chi connectivity index (χ3v) is 5.28. The van der Waals surface area contributed by atoms with Gasteiger partial charge in [-0.25, -0.2) is 0 Å². The third-order valence-electron chi connectivity index (χ3n) is 5.28. The van der Waals surface area contributed by atoms with Crippen LogP contribution in [0, 0.1) is 5.92 Å². The summed E-state index contributed by atoms with van der Waals surface area (Å²) in [5.74, 6) is -2.93. The molecule has 2 aromatic rings. The van der Waals surface area contributed by atoms with Crippen molar-refractivity contribution >= 4 is 34.4 Å². The van der Waals surface area contributed by atoms with Crippen LogP contribution >= 0.6 is 0 Å². The van der Waals surface area contributed by atoms with Crippen molar-refractivity contribution in [1.29, 1.82) is 0 Å². The first kappa shape index (κ1) is 25.0. The van der Waals surface area contributed by atoms with Gasteiger partial charge in [0.05, 0.1) is 19.7 Å². The molecule has 2 unspecified atom stereocenters. The zero-order valence-electron chi connectivity index (χ0n) is 18.1. The molecule has 0 bridgehead atoms. The molecule has 13 heteroatoms. The van der Waals surface area contributed by atoms with Crippen LogP contribution in [0.15, 0.2) is 24.3 Å². The van der Waals surface area contributed by atoms with Crippen LogP contribution in [-0.2, 0) is 19.1 Å². The van der Waals surface area contributed by atoms with Crippen LogP contribution in [0.3, 0.4) is 0 Å². The van der Waals surface area contributed by atoms with Gasteiger partial charge in [0.15, 0.2) is 5.78 Å². The van der Waals surface area contributed by atoms with E-state index in [9.17, 15) is 32.3 Å². The standard InChI is InChI=1S/C21H23F3N4O6/c1-33-17-4-2-3-13-12(17)8-15(27-13)20(32)26-9-18(30)28-14(7-11-5-6-25-19(11)31)16(29)10-34-21(22,23)24/h2-4,8,11,14,27H,5-7,9-10H2,1H3,(H,25,31)(H,26,32)(H,28,30). The van der Waals surface area contributed by atoms with E-state index < -0.39 is 49.1 Å². The predicted molar refractivity (Wildman–Crippen MR) is 112 cm³/mol. The molecule has 34 heavy (non-hydrogen) atoms. The Bertz CT molecular complexity index is 1080. The number of ether oxygens (including phenoxy) is 2. The highest BCUT2D eigenvalue weighted by atomic mass is 19.4. The van der Waals surface area contributed by atoms with Gasteiger partial charge in [-0.1, -0.05) is 6.07 Å². The van der Waals surface area contributed by atoms with E-state index in [1.165, 1.54) is 7.11 Å². The monoisotopic (exact) mass is 484 g/mol. The average molecular weight is 484 g/mol. The van der Waals surface area contributed by atoms with Crippen molar-refractivity contribution < 1.29 is 41.8 Å². The van der Waals surface area contributed by atoms with Crippen LogP contribution in [-0.4, -0.2) is 67.7 Å². The van der Waals surface area contributed by atoms with Gasteiger partial charge in [-0.2, -0.15) is 0 Å². The first-order valence-corrected chi connectivity index (χ1v) is 10.3. The second kappa shape index (κ2) is 10.5. The average Bonchev–Trinajstić information content (AvgIpc) is 3.40. The molecule has 3 amide bonds. The lowest BCUT2D eigenvalue weighted by molar-refractivity contribution is -0.321. The lowest BCUT2D eigenvalue weighted by Gasteiger charge is -2.20. The molecule has 10 nitrogen and oxygen atoms in total. The van der Waals surface area contributed by atoms with Gasteiger partial charge >= 0.3 is 6.36 Å². The fraction of sp³-hybridized carbons (Fsp3) is 0.429. The van der Waals surface area contributed by atoms with Crippen molar-refractivity contribution in [3.8, 4) is 5.75 Å². The summed E-state index contributed by atoms with van der Waals surface area (Å²) < 4.78 is 45.8. The Morgan fingerprint density at radius 2 is 2.03 bits per heavy atom. The minimum absolute atomic E-state index is 0.154. The Morgan fingerprint density at radius 3 is 2.68 bits per heavy atom. The SMILES string of the molecule is COc1cccc2[nH]c(C(=O)NCC(=O)NC(CC3CCNC3=O)C(=O)COC(F)(F)F)cc12. The van der Waals surface area contributed by atoms with E-state index in [-0.39, 0.29) is 18.0 Å². The number of alkyl halides is 3. The van der Waals surface area contributed by atoms with Gasteiger partial charge in [-0.05, 0) is 31.0 Å². The molecule has 1 aliphatic heterocycles. The molecule has 3 rings (SSSR count). The number of ketones is 1. The molecule has 1 aromatic heterocycles. The number of H-pyrrole nitrogens is 1. The maximum atomic E-state index is 12.4. The Balaban J connectivity index is 1.61. The Kier molecular flexibility index (Phi) is 7.76. The summed E-state index contributed by atoms with van der Waals surface area (Å²) in [6, 6.07) is 5.34. The largest absolute Gasteiger partial charge is 0.522 e. The first-order valence-electron chi connectivity index (χ1n) is 10.3. The number of aromatic amines is 1. The number of aromatic nitrogens is 1. The highest BCUT2D eigenvalue weighted by molar-refractivity contribution is 6.01. The number of methoxy groups -OCH3 is 1. The number of amides is 3. The maximum Gasteiger partial charge on any atom is 0.522 e. The Morgan fingerprint density at radius 1 is 1.26 bits per heavy atom. The van der Waals surface area contributed by atoms with Gasteiger partial charge < -0.3 is 25.7 Å². The number of fused-ring (bicyclic) bond motifs is 1. The molecule has 4 N–H and O–H groups in total. The number of hydrogen-bond acceptors (Lipinski definition) is 6. The first-order chi connectivity index (χ1) is 16.1. The van der Waals surface area contributed by atoms with E-state index in [1.54, 1.807) is 24.3 Å². The fourth-order valence-corrected chi connectivity index (χ4v) is 3.61. The van der Waals surface area contributed by atoms with E-state index in [4.69, 9.17) is 4.74 Å². The topological polar surface area (TPSA) is 139 Å². The number of nitrogens with one attached hydrogen (secondary N) is 4. The van der Waals surface area contributed by atoms with Gasteiger partial charge in [0, 0.05) is 23.4 Å². The molecule has 184 valence electrons. The number of carbonyl (C=O) groups is 4. The molecular formula is C21H23F3N4O6. The highest BCUT2D eigenvalue weighted by Gasteiger charge is 2.35. The van der Waals surface area contributed by atoms with Gasteiger partial charge in [0.2, 0.25) is 11.8 Å². The molecule has 1 aromatic carbocycles. The summed E-state index contributed by atoms with van der Waals surface area (Å²) >= 11 is 0. The van der Waals surface area contributed by atoms with Gasteiger partial charge in [-0.3, -0.25) is 23.9 Å². The number of Topliss-reactive ketones (excluding diaryl/α,β-unsaturated/α-hetero) is 1. The zero-order valence-corrected chi connectivity index (χ0v) is 18.1. The quantitative estimate of drug-likeness (QED) is 0.397. The Labute approximate surface area is 191 Å². The van der Waals surface area contributed by atoms with Crippen molar-refractivity contribution in [1.82, 2.24) is 20.9 Å². The van der Waals surface area contributed by atoms with Crippen LogP contribution < -0.4 is 20.7 Å². The minimum atomic E-state index is -5.02. The van der Waals surface area contributed by atoms with Crippen LogP contribution in [0.1, 0.15) is 23.3 Å². The predicted octanol–water partition coefficient (Wildman–Crippen LogP) is 1.02. The van der Waals surface area contributed by atoms with Crippen LogP contribution in [0.5, 0.6) is 5.75 Å². The zero-order chi connectivity index (χ0) is 24.9. The van der Waals surface area contributed by atoms with Crippen molar-refractivity contribution in [2.24, 2.45) is 5.92 Å². The van der Waals surface area contributed by atoms with Crippen molar-refractivity contribution in [2.45, 2.75) is 25.2 Å². The molecule has 1 aliphatic rings. The van der Waals surface area contributed by atoms with Crippen molar-refractivity contribution in [3.05, 3.63) is 30.0 Å². The molecule has 1 saturated heterocycles. The number of halogens is 3. The van der Waals surface area contributed by atoms with Gasteiger partial charge in [-0.15, -0.1) is 13.2 Å². The smallest absolute Gasteiger partial charge is 0.496 e. The number of hydrogen-bond donors (Lipinski definition) is 4. The molecule has 0 spiro atoms. The van der Waals surface area contributed by atoms with E-state index in [1.807, 2.05) is 0 Å². The second-order valence-corrected chi connectivity index (χ2v) is 7.62. The normalized spacial score (nSPS) is 16.7. The molecular weight excluding hydrogens is 461 g/mol. The van der Waals surface area contributed by atoms with Gasteiger partial charge in [0.25, 0.3) is 5.91 Å². The van der Waals surface area contributed by atoms with E-state index in [0.717, 1.165) is 0 Å². The van der Waals surface area contributed by atoms with Crippen molar-refractivity contribution in [3.63, 3.8) is 0 Å². The summed E-state index contributed by atoms with van der Waals surface area (Å²) in [5, 5.41) is 7.88. The van der Waals surface area contributed by atoms with E-state index >= 15 is 0 Å². The number of benzene rings is 1.